The molecule has 0 spiro atoms. The van der Waals surface area contributed by atoms with Crippen LogP contribution in [0.15, 0.2) is 147 Å². The van der Waals surface area contributed by atoms with E-state index in [9.17, 15) is 91.7 Å². The molecule has 48 heteroatoms. The van der Waals surface area contributed by atoms with Gasteiger partial charge >= 0.3 is 11.9 Å². The third-order valence-corrected chi connectivity index (χ3v) is 23.4. The summed E-state index contributed by atoms with van der Waals surface area (Å²) >= 11 is 0. The van der Waals surface area contributed by atoms with Gasteiger partial charge in [0.15, 0.2) is 11.9 Å². The fraction of sp³-hybridized carbons (Fsp3) is 0.459. The van der Waals surface area contributed by atoms with Crippen LogP contribution >= 0.6 is 0 Å². The van der Waals surface area contributed by atoms with Gasteiger partial charge in [0, 0.05) is 144 Å². The number of H-pyrrole nitrogens is 4. The van der Waals surface area contributed by atoms with Crippen molar-refractivity contribution in [2.75, 3.05) is 52.6 Å². The number of nitrogens with two attached hydrogens (primary N) is 3. The number of unbranched alkanes of at least 4 members (excludes halogenated alkanes) is 2. The molecule has 0 unspecified atom stereocenters. The molecule has 146 heavy (non-hydrogen) atoms. The van der Waals surface area contributed by atoms with Gasteiger partial charge in [0.2, 0.25) is 88.6 Å². The molecule has 0 aliphatic rings. The van der Waals surface area contributed by atoms with Crippen molar-refractivity contribution in [3.63, 3.8) is 0 Å². The van der Waals surface area contributed by atoms with Crippen LogP contribution in [-0.4, -0.2) is 278 Å². The Balaban J connectivity index is 0.848. The molecule has 0 aliphatic carbocycles. The molecule has 4 heterocycles. The molecular weight excluding hydrogens is 1890 g/mol. The van der Waals surface area contributed by atoms with Crippen LogP contribution in [0.1, 0.15) is 157 Å². The van der Waals surface area contributed by atoms with Crippen molar-refractivity contribution < 1.29 is 101 Å². The summed E-state index contributed by atoms with van der Waals surface area (Å²) in [4.78, 5) is 256. The highest BCUT2D eigenvalue weighted by molar-refractivity contribution is 6.01. The van der Waals surface area contributed by atoms with Gasteiger partial charge in [-0.1, -0.05) is 137 Å². The van der Waals surface area contributed by atoms with E-state index in [1.807, 2.05) is 50.2 Å². The zero-order valence-corrected chi connectivity index (χ0v) is 81.8. The van der Waals surface area contributed by atoms with Crippen molar-refractivity contribution in [2.24, 2.45) is 17.2 Å². The highest BCUT2D eigenvalue weighted by atomic mass is 16.5. The van der Waals surface area contributed by atoms with E-state index in [0.29, 0.717) is 47.9 Å². The SMILES string of the molecule is CCCC[C@H](NC(C)=O)C(=O)N[C@@H](CCC(=O)O)C(=O)N[C@@H](Cc1c[nH]cn1)C(=O)N[C@H](Cc1ccccc1)C(=O)N[C@@H](CCCNC(=N)N)C(=O)N[C@@H](Cc1c[nH]c2ccccc12)C(=O)NCCOCCOCCNC(=O)CCC(=O)N[C@@H](CCCC)C(=O)N[C@@H](CCC(=O)O)C(=O)N[C@@H](Cc1c[nH]cn1)C(=O)N[C@H](Cc1ccccc1)C(=O)N[C@@H](CCCNC(=N)N)C(=O)N[C@@H](Cc1c[nH]c2ccccc12)C(N)=O. The number of imidazole rings is 2. The van der Waals surface area contributed by atoms with Crippen LogP contribution in [0.3, 0.4) is 0 Å². The summed E-state index contributed by atoms with van der Waals surface area (Å²) in [5, 5.41) is 79.2. The zero-order chi connectivity index (χ0) is 106. The Kier molecular flexibility index (Phi) is 48.6. The van der Waals surface area contributed by atoms with Crippen molar-refractivity contribution in [3.8, 4) is 0 Å². The van der Waals surface area contributed by atoms with Crippen LogP contribution in [0.5, 0.6) is 0 Å². The number of guanidine groups is 2. The standard InChI is InChI=1S/C98H135N27O21/c1-4-6-26-69(114-58(3)126)87(135)118-73(32-36-83(129)130)91(139)124-79(50-63-54-104-56-112-63)95(143)122-77(47-60-22-12-9-13-23-60)94(142)117-72(31-19-39-109-98(102)103)90(138)123-78(49-62-53-111-68-29-17-15-25-66(62)68)86(134)107-41-43-146-45-44-145-42-40-106-81(127)34-35-82(128)115-70(27-7-5-2)88(136)119-74(33-37-84(131)132)92(140)125-80(51-64-55-105-57-113-64)96(144)121-76(46-59-20-10-8-11-21-59)93(141)116-71(30-18-38-108-97(100)101)89(137)120-75(85(99)133)48-61-52-110-67-28-16-14-24-65(61)67/h8-17,20-25,28-29,52-57,69-80,110-111H,4-7,18-19,26-27,30-51H2,1-3H3,(H2,99,133)(H,104,112)(H,105,113)(H,106,127)(H,107,134)(H,114,126)(H,115,128)(H,116,141)(H,117,142)(H,118,135)(H,119,136)(H,120,137)(H,121,144)(H,122,143)(H,123,138)(H,124,139)(H,125,140)(H,129,130)(H,131,132)(H4,100,101,108)(H4,102,103,109)/t69-,70-,71-,72-,73-,74-,75-,76+,77+,78-,79-,80-/m0/s1. The lowest BCUT2D eigenvalue weighted by molar-refractivity contribution is -0.139. The molecule has 15 amide bonds. The number of hydrogen-bond acceptors (Lipinski definition) is 23. The normalized spacial score (nSPS) is 13.6. The van der Waals surface area contributed by atoms with Crippen LogP contribution < -0.4 is 102 Å². The molecule has 0 saturated heterocycles. The molecule has 0 aliphatic heterocycles. The number of carbonyl (C=O) groups excluding carboxylic acids is 15. The van der Waals surface area contributed by atoms with Crippen molar-refractivity contribution in [1.82, 2.24) is 115 Å². The summed E-state index contributed by atoms with van der Waals surface area (Å²) in [6.07, 6.45) is 7.28. The number of carboxylic acid groups (broad SMARTS) is 2. The maximum absolute atomic E-state index is 15.0. The third kappa shape index (κ3) is 41.0. The minimum atomic E-state index is -1.65. The quantitative estimate of drug-likeness (QED) is 0.0122. The summed E-state index contributed by atoms with van der Waals surface area (Å²) in [6, 6.07) is 14.5. The number of carbonyl (C=O) groups is 17. The number of fused-ring (bicyclic) bond motifs is 2. The molecule has 48 nitrogen and oxygen atoms in total. The Labute approximate surface area is 841 Å². The Morgan fingerprint density at radius 1 is 0.336 bits per heavy atom. The van der Waals surface area contributed by atoms with Crippen LogP contribution in [0.2, 0.25) is 0 Å². The molecule has 4 aromatic heterocycles. The van der Waals surface area contributed by atoms with Gasteiger partial charge < -0.3 is 142 Å². The number of hydrogen-bond donors (Lipinski definition) is 27. The summed E-state index contributed by atoms with van der Waals surface area (Å²) in [7, 11) is 0. The third-order valence-electron chi connectivity index (χ3n) is 23.4. The molecule has 30 N–H and O–H groups in total. The highest BCUT2D eigenvalue weighted by Gasteiger charge is 2.39. The Bertz CT molecular complexity index is 5650. The van der Waals surface area contributed by atoms with E-state index in [-0.39, 0.29) is 159 Å². The number of aromatic amines is 4. The van der Waals surface area contributed by atoms with Gasteiger partial charge in [-0.3, -0.25) is 92.3 Å². The first-order valence-corrected chi connectivity index (χ1v) is 48.5. The van der Waals surface area contributed by atoms with Gasteiger partial charge in [0.1, 0.15) is 72.5 Å². The molecule has 0 bridgehead atoms. The molecule has 0 radical (unpaired) electrons. The number of benzene rings is 4. The maximum Gasteiger partial charge on any atom is 0.303 e. The Morgan fingerprint density at radius 3 is 1.04 bits per heavy atom. The number of nitrogens with zero attached hydrogens (tertiary/aromatic N) is 2. The number of ether oxygens (including phenoxy) is 2. The summed E-state index contributed by atoms with van der Waals surface area (Å²) in [6.45, 7) is 4.94. The van der Waals surface area contributed by atoms with Gasteiger partial charge in [-0.05, 0) is 85.8 Å². The predicted octanol–water partition coefficient (Wildman–Crippen LogP) is -1.14. The van der Waals surface area contributed by atoms with Gasteiger partial charge in [0.25, 0.3) is 0 Å². The average molecular weight is 2030 g/mol. The van der Waals surface area contributed by atoms with E-state index in [2.05, 4.69) is 115 Å². The minimum Gasteiger partial charge on any atom is -0.481 e. The van der Waals surface area contributed by atoms with E-state index in [1.54, 1.807) is 85.2 Å². The van der Waals surface area contributed by atoms with Gasteiger partial charge in [-0.25, -0.2) is 9.97 Å². The second-order valence-electron chi connectivity index (χ2n) is 34.9. The smallest absolute Gasteiger partial charge is 0.303 e. The van der Waals surface area contributed by atoms with Crippen molar-refractivity contribution in [2.45, 2.75) is 235 Å². The average Bonchev–Trinajstić information content (AvgIpc) is 1.68. The molecule has 0 fully saturated rings. The van der Waals surface area contributed by atoms with Crippen molar-refractivity contribution in [1.29, 1.82) is 10.8 Å². The largest absolute Gasteiger partial charge is 0.481 e. The summed E-state index contributed by atoms with van der Waals surface area (Å²) < 4.78 is 11.4. The van der Waals surface area contributed by atoms with E-state index < -0.39 is 205 Å². The molecular formula is C98H135N27O21. The Morgan fingerprint density at radius 2 is 0.664 bits per heavy atom. The molecule has 8 aromatic rings. The maximum atomic E-state index is 15.0. The fourth-order valence-corrected chi connectivity index (χ4v) is 15.8. The summed E-state index contributed by atoms with van der Waals surface area (Å²) in [5.74, 6) is -15.7. The first-order valence-electron chi connectivity index (χ1n) is 48.5. The number of aromatic nitrogens is 6. The summed E-state index contributed by atoms with van der Waals surface area (Å²) in [5.41, 5.74) is 21.4. The van der Waals surface area contributed by atoms with Gasteiger partial charge in [-0.15, -0.1) is 0 Å². The number of carboxylic acids is 2. The van der Waals surface area contributed by atoms with E-state index in [1.165, 1.54) is 32.0 Å². The second-order valence-corrected chi connectivity index (χ2v) is 34.9. The van der Waals surface area contributed by atoms with E-state index in [4.69, 9.17) is 37.5 Å². The number of primary amides is 1. The Hall–Kier alpha value is -16.2. The number of nitrogens with one attached hydrogen (secondary N) is 22. The molecule has 12 atom stereocenters. The lowest BCUT2D eigenvalue weighted by Crippen LogP contribution is -2.60. The number of amides is 15. The predicted molar refractivity (Wildman–Crippen MR) is 535 cm³/mol. The lowest BCUT2D eigenvalue weighted by Gasteiger charge is -2.28. The van der Waals surface area contributed by atoms with Crippen LogP contribution in [0.25, 0.3) is 21.8 Å². The number of aliphatic carboxylic acids is 2. The van der Waals surface area contributed by atoms with Crippen molar-refractivity contribution >= 4 is 134 Å². The molecule has 0 saturated carbocycles. The minimum absolute atomic E-state index is 0.00979. The van der Waals surface area contributed by atoms with Crippen LogP contribution in [0, 0.1) is 10.8 Å². The monoisotopic (exact) mass is 2030 g/mol. The van der Waals surface area contributed by atoms with Gasteiger partial charge in [-0.2, -0.15) is 0 Å². The number of rotatable bonds is 68. The first-order chi connectivity index (χ1) is 70.1. The highest BCUT2D eigenvalue weighted by Crippen LogP contribution is 2.23. The topological polar surface area (TPSA) is 756 Å². The van der Waals surface area contributed by atoms with Crippen LogP contribution in [-0.2, 0) is 130 Å². The molecule has 4 aromatic carbocycles. The molecule has 8 rings (SSSR count). The second kappa shape index (κ2) is 61.6. The fourth-order valence-electron chi connectivity index (χ4n) is 15.8. The van der Waals surface area contributed by atoms with Gasteiger partial charge in [0.05, 0.1) is 50.5 Å². The van der Waals surface area contributed by atoms with Crippen LogP contribution in [0.4, 0.5) is 0 Å². The van der Waals surface area contributed by atoms with E-state index >= 15 is 0 Å². The molecule has 788 valence electrons. The number of para-hydroxylation sites is 2. The van der Waals surface area contributed by atoms with Crippen molar-refractivity contribution in [3.05, 3.63) is 180 Å². The zero-order valence-electron chi connectivity index (χ0n) is 81.8. The lowest BCUT2D eigenvalue weighted by atomic mass is 10.0. The van der Waals surface area contributed by atoms with E-state index in [0.717, 1.165) is 21.8 Å². The first kappa shape index (κ1) is 115.